The number of nitrogens with zero attached hydrogens (tertiary/aromatic N) is 2. The van der Waals surface area contributed by atoms with Crippen molar-refractivity contribution in [3.8, 4) is 0 Å². The molecule has 0 saturated carbocycles. The summed E-state index contributed by atoms with van der Waals surface area (Å²) in [6.45, 7) is 1.30. The van der Waals surface area contributed by atoms with E-state index in [2.05, 4.69) is 4.98 Å². The Kier molecular flexibility index (Phi) is 4.65. The predicted molar refractivity (Wildman–Crippen MR) is 88.1 cm³/mol. The Morgan fingerprint density at radius 2 is 2.00 bits per heavy atom. The smallest absolute Gasteiger partial charge is 0.223 e. The highest BCUT2D eigenvalue weighted by molar-refractivity contribution is 6.35. The van der Waals surface area contributed by atoms with Crippen LogP contribution in [0.25, 0.3) is 0 Å². The number of aromatic nitrogens is 1. The standard InChI is InChI=1S/C17H16Cl2N2O/c18-14-9-13-11-21(8-5-15(13)16(19)10-14)17(22)2-1-12-3-6-20-7-4-12/h3-4,6-7,9-10H,1-2,5,8,11H2. The van der Waals surface area contributed by atoms with E-state index in [1.54, 1.807) is 18.5 Å². The minimum absolute atomic E-state index is 0.165. The number of fused-ring (bicyclic) bond motifs is 1. The zero-order valence-corrected chi connectivity index (χ0v) is 13.6. The maximum absolute atomic E-state index is 12.4. The van der Waals surface area contributed by atoms with Gasteiger partial charge in [-0.05, 0) is 53.8 Å². The first-order valence-electron chi connectivity index (χ1n) is 7.27. The highest BCUT2D eigenvalue weighted by atomic mass is 35.5. The third-order valence-corrected chi connectivity index (χ3v) is 4.53. The van der Waals surface area contributed by atoms with Gasteiger partial charge in [0.15, 0.2) is 0 Å². The van der Waals surface area contributed by atoms with Gasteiger partial charge in [-0.2, -0.15) is 0 Å². The molecule has 1 amide bonds. The van der Waals surface area contributed by atoms with Crippen molar-refractivity contribution in [3.63, 3.8) is 0 Å². The molecule has 0 aliphatic carbocycles. The summed E-state index contributed by atoms with van der Waals surface area (Å²) < 4.78 is 0. The van der Waals surface area contributed by atoms with Gasteiger partial charge in [0.2, 0.25) is 5.91 Å². The van der Waals surface area contributed by atoms with E-state index < -0.39 is 0 Å². The lowest BCUT2D eigenvalue weighted by Crippen LogP contribution is -2.36. The molecule has 2 aromatic rings. The van der Waals surface area contributed by atoms with Crippen LogP contribution in [0.15, 0.2) is 36.7 Å². The number of pyridine rings is 1. The molecule has 0 radical (unpaired) electrons. The number of aryl methyl sites for hydroxylation is 1. The summed E-state index contributed by atoms with van der Waals surface area (Å²) >= 11 is 12.3. The van der Waals surface area contributed by atoms with Gasteiger partial charge in [0.05, 0.1) is 0 Å². The number of hydrogen-bond donors (Lipinski definition) is 0. The lowest BCUT2D eigenvalue weighted by Gasteiger charge is -2.29. The first-order valence-corrected chi connectivity index (χ1v) is 8.02. The molecule has 1 aromatic carbocycles. The molecule has 1 aliphatic rings. The summed E-state index contributed by atoms with van der Waals surface area (Å²) in [5.74, 6) is 0.165. The van der Waals surface area contributed by atoms with Crippen LogP contribution in [0.5, 0.6) is 0 Å². The molecular weight excluding hydrogens is 319 g/mol. The molecule has 3 nitrogen and oxygen atoms in total. The lowest BCUT2D eigenvalue weighted by atomic mass is 9.99. The van der Waals surface area contributed by atoms with Crippen LogP contribution < -0.4 is 0 Å². The van der Waals surface area contributed by atoms with Gasteiger partial charge in [-0.15, -0.1) is 0 Å². The van der Waals surface area contributed by atoms with Crippen molar-refractivity contribution in [2.75, 3.05) is 6.54 Å². The number of amides is 1. The number of rotatable bonds is 3. The maximum atomic E-state index is 12.4. The van der Waals surface area contributed by atoms with Gasteiger partial charge in [-0.3, -0.25) is 9.78 Å². The Morgan fingerprint density at radius 1 is 1.23 bits per heavy atom. The molecule has 114 valence electrons. The SMILES string of the molecule is O=C(CCc1ccncc1)N1CCc2c(Cl)cc(Cl)cc2C1. The zero-order valence-electron chi connectivity index (χ0n) is 12.1. The Bertz CT molecular complexity index is 689. The van der Waals surface area contributed by atoms with E-state index in [0.29, 0.717) is 29.6 Å². The van der Waals surface area contributed by atoms with Crippen LogP contribution in [-0.2, 0) is 24.2 Å². The summed E-state index contributed by atoms with van der Waals surface area (Å²) in [5.41, 5.74) is 3.30. The Morgan fingerprint density at radius 3 is 2.77 bits per heavy atom. The highest BCUT2D eigenvalue weighted by Crippen LogP contribution is 2.30. The van der Waals surface area contributed by atoms with Crippen LogP contribution >= 0.6 is 23.2 Å². The van der Waals surface area contributed by atoms with Crippen LogP contribution in [0.3, 0.4) is 0 Å². The summed E-state index contributed by atoms with van der Waals surface area (Å²) in [6.07, 6.45) is 5.53. The zero-order chi connectivity index (χ0) is 15.5. The number of hydrogen-bond acceptors (Lipinski definition) is 2. The van der Waals surface area contributed by atoms with E-state index >= 15 is 0 Å². The highest BCUT2D eigenvalue weighted by Gasteiger charge is 2.22. The predicted octanol–water partition coefficient (Wildman–Crippen LogP) is 3.91. The van der Waals surface area contributed by atoms with Crippen LogP contribution in [-0.4, -0.2) is 22.3 Å². The number of carbonyl (C=O) groups excluding carboxylic acids is 1. The molecule has 5 heteroatoms. The number of carbonyl (C=O) groups is 1. The fraction of sp³-hybridized carbons (Fsp3) is 0.294. The van der Waals surface area contributed by atoms with E-state index in [9.17, 15) is 4.79 Å². The number of benzene rings is 1. The molecule has 1 aliphatic heterocycles. The van der Waals surface area contributed by atoms with Crippen molar-refractivity contribution in [2.45, 2.75) is 25.8 Å². The van der Waals surface area contributed by atoms with Crippen LogP contribution in [0.2, 0.25) is 10.0 Å². The Labute approximate surface area is 139 Å². The summed E-state index contributed by atoms with van der Waals surface area (Å²) in [5, 5.41) is 1.32. The summed E-state index contributed by atoms with van der Waals surface area (Å²) in [6, 6.07) is 7.56. The fourth-order valence-electron chi connectivity index (χ4n) is 2.78. The first kappa shape index (κ1) is 15.3. The molecule has 0 bridgehead atoms. The van der Waals surface area contributed by atoms with E-state index in [1.807, 2.05) is 23.1 Å². The Balaban J connectivity index is 1.65. The van der Waals surface area contributed by atoms with Gasteiger partial charge in [-0.25, -0.2) is 0 Å². The average Bonchev–Trinajstić information content (AvgIpc) is 2.53. The molecular formula is C17H16Cl2N2O. The average molecular weight is 335 g/mol. The van der Waals surface area contributed by atoms with Gasteiger partial charge in [0.1, 0.15) is 0 Å². The number of halogens is 2. The Hall–Kier alpha value is -1.58. The second-order valence-corrected chi connectivity index (χ2v) is 6.29. The molecule has 0 unspecified atom stereocenters. The fourth-order valence-corrected chi connectivity index (χ4v) is 3.41. The molecule has 22 heavy (non-hydrogen) atoms. The van der Waals surface area contributed by atoms with Gasteiger partial charge >= 0.3 is 0 Å². The van der Waals surface area contributed by atoms with Crippen molar-refractivity contribution in [3.05, 3.63) is 63.4 Å². The summed E-state index contributed by atoms with van der Waals surface area (Å²) in [7, 11) is 0. The first-order chi connectivity index (χ1) is 10.6. The van der Waals surface area contributed by atoms with Gasteiger partial charge < -0.3 is 4.90 Å². The molecule has 0 N–H and O–H groups in total. The van der Waals surface area contributed by atoms with E-state index in [0.717, 1.165) is 29.5 Å². The van der Waals surface area contributed by atoms with Gasteiger partial charge in [0, 0.05) is 41.9 Å². The normalized spacial score (nSPS) is 13.8. The van der Waals surface area contributed by atoms with E-state index in [1.165, 1.54) is 0 Å². The van der Waals surface area contributed by atoms with Crippen molar-refractivity contribution >= 4 is 29.1 Å². The van der Waals surface area contributed by atoms with Gasteiger partial charge in [-0.1, -0.05) is 23.2 Å². The van der Waals surface area contributed by atoms with Crippen molar-refractivity contribution in [1.29, 1.82) is 0 Å². The summed E-state index contributed by atoms with van der Waals surface area (Å²) in [4.78, 5) is 18.3. The molecule has 0 atom stereocenters. The van der Waals surface area contributed by atoms with Crippen molar-refractivity contribution < 1.29 is 4.79 Å². The molecule has 0 saturated heterocycles. The minimum Gasteiger partial charge on any atom is -0.338 e. The second-order valence-electron chi connectivity index (χ2n) is 5.45. The van der Waals surface area contributed by atoms with Crippen LogP contribution in [0.4, 0.5) is 0 Å². The quantitative estimate of drug-likeness (QED) is 0.852. The molecule has 0 fully saturated rings. The largest absolute Gasteiger partial charge is 0.338 e. The maximum Gasteiger partial charge on any atom is 0.223 e. The monoisotopic (exact) mass is 334 g/mol. The van der Waals surface area contributed by atoms with Crippen molar-refractivity contribution in [1.82, 2.24) is 9.88 Å². The van der Waals surface area contributed by atoms with Gasteiger partial charge in [0.25, 0.3) is 0 Å². The lowest BCUT2D eigenvalue weighted by molar-refractivity contribution is -0.132. The third-order valence-electron chi connectivity index (χ3n) is 3.98. The second kappa shape index (κ2) is 6.67. The topological polar surface area (TPSA) is 33.2 Å². The molecule has 0 spiro atoms. The third kappa shape index (κ3) is 3.42. The van der Waals surface area contributed by atoms with Crippen molar-refractivity contribution in [2.24, 2.45) is 0 Å². The minimum atomic E-state index is 0.165. The molecule has 3 rings (SSSR count). The van der Waals surface area contributed by atoms with Crippen LogP contribution in [0.1, 0.15) is 23.1 Å². The molecule has 2 heterocycles. The van der Waals surface area contributed by atoms with Crippen LogP contribution in [0, 0.1) is 0 Å². The van der Waals surface area contributed by atoms with E-state index in [-0.39, 0.29) is 5.91 Å². The molecule has 1 aromatic heterocycles. The van der Waals surface area contributed by atoms with E-state index in [4.69, 9.17) is 23.2 Å².